The molecule has 0 aromatic rings. The summed E-state index contributed by atoms with van der Waals surface area (Å²) in [6, 6.07) is 0. The van der Waals surface area contributed by atoms with Crippen molar-refractivity contribution in [2.75, 3.05) is 26.2 Å². The molecule has 0 aliphatic carbocycles. The van der Waals surface area contributed by atoms with Gasteiger partial charge in [-0.05, 0) is 25.3 Å². The van der Waals surface area contributed by atoms with E-state index in [2.05, 4.69) is 11.8 Å². The zero-order valence-electron chi connectivity index (χ0n) is 9.91. The van der Waals surface area contributed by atoms with Crippen LogP contribution in [-0.2, 0) is 4.79 Å². The topological polar surface area (TPSA) is 40.5 Å². The van der Waals surface area contributed by atoms with Gasteiger partial charge < -0.3 is 14.8 Å². The molecular weight excluding hydrogens is 190 g/mol. The van der Waals surface area contributed by atoms with Crippen molar-refractivity contribution in [1.29, 1.82) is 0 Å². The molecule has 88 valence electrons. The number of aldehydes is 1. The predicted molar refractivity (Wildman–Crippen MR) is 60.7 cm³/mol. The Morgan fingerprint density at radius 2 is 2.33 bits per heavy atom. The Labute approximate surface area is 92.5 Å². The Morgan fingerprint density at radius 3 is 2.80 bits per heavy atom. The van der Waals surface area contributed by atoms with Gasteiger partial charge in [0, 0.05) is 25.1 Å². The Balaban J connectivity index is 2.42. The zero-order chi connectivity index (χ0) is 11.3. The van der Waals surface area contributed by atoms with E-state index in [0.29, 0.717) is 5.92 Å². The molecule has 1 heterocycles. The van der Waals surface area contributed by atoms with E-state index in [9.17, 15) is 4.79 Å². The van der Waals surface area contributed by atoms with Crippen LogP contribution in [0.5, 0.6) is 0 Å². The third-order valence-electron chi connectivity index (χ3n) is 3.32. The van der Waals surface area contributed by atoms with Crippen molar-refractivity contribution in [2.24, 2.45) is 11.3 Å². The van der Waals surface area contributed by atoms with Crippen LogP contribution in [0.2, 0.25) is 0 Å². The lowest BCUT2D eigenvalue weighted by molar-refractivity contribution is -0.116. The molecule has 15 heavy (non-hydrogen) atoms. The van der Waals surface area contributed by atoms with Crippen molar-refractivity contribution in [2.45, 2.75) is 33.1 Å². The van der Waals surface area contributed by atoms with Crippen LogP contribution in [0.15, 0.2) is 0 Å². The van der Waals surface area contributed by atoms with Crippen molar-refractivity contribution in [3.8, 4) is 0 Å². The maximum absolute atomic E-state index is 11.1. The number of carbonyl (C=O) groups excluding carboxylic acids is 1. The number of nitrogens with zero attached hydrogens (tertiary/aromatic N) is 1. The van der Waals surface area contributed by atoms with Crippen molar-refractivity contribution in [3.05, 3.63) is 0 Å². The van der Waals surface area contributed by atoms with E-state index >= 15 is 0 Å². The normalized spacial score (nSPS) is 26.5. The summed E-state index contributed by atoms with van der Waals surface area (Å²) in [7, 11) is 0. The van der Waals surface area contributed by atoms with Gasteiger partial charge >= 0.3 is 0 Å². The molecule has 3 nitrogen and oxygen atoms in total. The van der Waals surface area contributed by atoms with E-state index in [4.69, 9.17) is 5.11 Å². The van der Waals surface area contributed by atoms with E-state index in [0.717, 1.165) is 45.2 Å². The zero-order valence-corrected chi connectivity index (χ0v) is 9.91. The standard InChI is InChI=1S/C12H23NO2/c1-3-5-12(2,10-15)9-13-6-4-11(7-13)8-14/h10-11,14H,3-9H2,1-2H3. The molecule has 1 aliphatic heterocycles. The molecule has 0 saturated carbocycles. The first kappa shape index (κ1) is 12.7. The van der Waals surface area contributed by atoms with Crippen LogP contribution < -0.4 is 0 Å². The first-order chi connectivity index (χ1) is 7.13. The Hall–Kier alpha value is -0.410. The fourth-order valence-electron chi connectivity index (χ4n) is 2.46. The number of carbonyl (C=O) groups is 1. The number of hydrogen-bond donors (Lipinski definition) is 1. The minimum atomic E-state index is -0.195. The minimum absolute atomic E-state index is 0.195. The second-order valence-electron chi connectivity index (χ2n) is 5.09. The highest BCUT2D eigenvalue weighted by Gasteiger charge is 2.30. The van der Waals surface area contributed by atoms with Gasteiger partial charge in [0.1, 0.15) is 6.29 Å². The molecule has 0 amide bonds. The summed E-state index contributed by atoms with van der Waals surface area (Å²) in [4.78, 5) is 13.4. The molecule has 0 spiro atoms. The molecule has 2 atom stereocenters. The van der Waals surface area contributed by atoms with Gasteiger partial charge in [-0.3, -0.25) is 0 Å². The van der Waals surface area contributed by atoms with Gasteiger partial charge in [-0.15, -0.1) is 0 Å². The maximum atomic E-state index is 11.1. The molecule has 0 aromatic carbocycles. The molecule has 0 aromatic heterocycles. The molecule has 1 aliphatic rings. The third-order valence-corrected chi connectivity index (χ3v) is 3.32. The van der Waals surface area contributed by atoms with Gasteiger partial charge in [-0.25, -0.2) is 0 Å². The highest BCUT2D eigenvalue weighted by Crippen LogP contribution is 2.25. The number of hydrogen-bond acceptors (Lipinski definition) is 3. The third kappa shape index (κ3) is 3.58. The molecule has 1 rings (SSSR count). The van der Waals surface area contributed by atoms with Crippen molar-refractivity contribution >= 4 is 6.29 Å². The quantitative estimate of drug-likeness (QED) is 0.676. The van der Waals surface area contributed by atoms with E-state index in [1.54, 1.807) is 0 Å². The van der Waals surface area contributed by atoms with Gasteiger partial charge in [0.25, 0.3) is 0 Å². The van der Waals surface area contributed by atoms with Crippen LogP contribution in [0.1, 0.15) is 33.1 Å². The van der Waals surface area contributed by atoms with E-state index < -0.39 is 0 Å². The number of aliphatic hydroxyl groups is 1. The fourth-order valence-corrected chi connectivity index (χ4v) is 2.46. The molecule has 0 bridgehead atoms. The van der Waals surface area contributed by atoms with Crippen LogP contribution in [0.4, 0.5) is 0 Å². The van der Waals surface area contributed by atoms with Gasteiger partial charge in [0.2, 0.25) is 0 Å². The van der Waals surface area contributed by atoms with Crippen molar-refractivity contribution in [1.82, 2.24) is 4.90 Å². The summed E-state index contributed by atoms with van der Waals surface area (Å²) in [6.45, 7) is 7.25. The lowest BCUT2D eigenvalue weighted by Crippen LogP contribution is -2.36. The molecule has 1 saturated heterocycles. The van der Waals surface area contributed by atoms with Gasteiger partial charge in [-0.2, -0.15) is 0 Å². The van der Waals surface area contributed by atoms with Gasteiger partial charge in [0.15, 0.2) is 0 Å². The van der Waals surface area contributed by atoms with Crippen LogP contribution in [0, 0.1) is 11.3 Å². The SMILES string of the molecule is CCCC(C)(C=O)CN1CCC(CO)C1. The van der Waals surface area contributed by atoms with Crippen molar-refractivity contribution in [3.63, 3.8) is 0 Å². The summed E-state index contributed by atoms with van der Waals surface area (Å²) in [5, 5.41) is 9.05. The number of rotatable bonds is 6. The monoisotopic (exact) mass is 213 g/mol. The summed E-state index contributed by atoms with van der Waals surface area (Å²) >= 11 is 0. The molecular formula is C12H23NO2. The molecule has 1 N–H and O–H groups in total. The first-order valence-electron chi connectivity index (χ1n) is 5.93. The Bertz CT molecular complexity index is 208. The second kappa shape index (κ2) is 5.61. The smallest absolute Gasteiger partial charge is 0.127 e. The van der Waals surface area contributed by atoms with E-state index in [1.807, 2.05) is 6.92 Å². The average molecular weight is 213 g/mol. The predicted octanol–water partition coefficient (Wildman–Crippen LogP) is 1.31. The Morgan fingerprint density at radius 1 is 1.60 bits per heavy atom. The van der Waals surface area contributed by atoms with Crippen LogP contribution in [-0.4, -0.2) is 42.5 Å². The van der Waals surface area contributed by atoms with Crippen LogP contribution in [0.25, 0.3) is 0 Å². The van der Waals surface area contributed by atoms with Crippen LogP contribution >= 0.6 is 0 Å². The summed E-state index contributed by atoms with van der Waals surface area (Å²) < 4.78 is 0. The number of likely N-dealkylation sites (tertiary alicyclic amines) is 1. The molecule has 0 radical (unpaired) electrons. The Kier molecular flexibility index (Phi) is 4.74. The molecule has 1 fully saturated rings. The minimum Gasteiger partial charge on any atom is -0.396 e. The highest BCUT2D eigenvalue weighted by atomic mass is 16.3. The van der Waals surface area contributed by atoms with Crippen LogP contribution in [0.3, 0.4) is 0 Å². The summed E-state index contributed by atoms with van der Waals surface area (Å²) in [5.74, 6) is 0.419. The fraction of sp³-hybridized carbons (Fsp3) is 0.917. The van der Waals surface area contributed by atoms with Gasteiger partial charge in [-0.1, -0.05) is 20.3 Å². The highest BCUT2D eigenvalue weighted by molar-refractivity contribution is 5.59. The van der Waals surface area contributed by atoms with Gasteiger partial charge in [0.05, 0.1) is 0 Å². The summed E-state index contributed by atoms with van der Waals surface area (Å²) in [6.07, 6.45) is 4.17. The lowest BCUT2D eigenvalue weighted by Gasteiger charge is -2.28. The lowest BCUT2D eigenvalue weighted by atomic mass is 9.87. The first-order valence-corrected chi connectivity index (χ1v) is 5.93. The number of aliphatic hydroxyl groups excluding tert-OH is 1. The molecule has 2 unspecified atom stereocenters. The summed E-state index contributed by atoms with van der Waals surface area (Å²) in [5.41, 5.74) is -0.195. The van der Waals surface area contributed by atoms with Crippen molar-refractivity contribution < 1.29 is 9.90 Å². The maximum Gasteiger partial charge on any atom is 0.127 e. The molecule has 3 heteroatoms. The second-order valence-corrected chi connectivity index (χ2v) is 5.09. The largest absolute Gasteiger partial charge is 0.396 e. The average Bonchev–Trinajstić information content (AvgIpc) is 2.66. The van der Waals surface area contributed by atoms with E-state index in [1.165, 1.54) is 0 Å². The van der Waals surface area contributed by atoms with E-state index in [-0.39, 0.29) is 12.0 Å².